The highest BCUT2D eigenvalue weighted by molar-refractivity contribution is 5.83. The summed E-state index contributed by atoms with van der Waals surface area (Å²) in [6.07, 6.45) is 1.69. The minimum atomic E-state index is -0.0253. The van der Waals surface area contributed by atoms with Gasteiger partial charge in [-0.05, 0) is 17.7 Å². The molecule has 0 atom stereocenters. The minimum Gasteiger partial charge on any atom is -0.378 e. The van der Waals surface area contributed by atoms with Gasteiger partial charge in [-0.25, -0.2) is 5.43 Å². The molecule has 0 saturated carbocycles. The molecule has 0 aliphatic carbocycles. The number of carbonyl (C=O) groups is 1. The first-order valence-corrected chi connectivity index (χ1v) is 9.90. The average molecular weight is 382 g/mol. The van der Waals surface area contributed by atoms with Gasteiger partial charge < -0.3 is 14.7 Å². The van der Waals surface area contributed by atoms with Crippen LogP contribution in [0.25, 0.3) is 0 Å². The molecule has 0 aromatic heterocycles. The van der Waals surface area contributed by atoms with E-state index in [4.69, 9.17) is 0 Å². The van der Waals surface area contributed by atoms with Crippen molar-refractivity contribution < 1.29 is 14.6 Å². The molecular formula is C22H31N5O+2. The molecule has 6 heteroatoms. The van der Waals surface area contributed by atoms with Gasteiger partial charge in [-0.15, -0.1) is 0 Å². The maximum Gasteiger partial charge on any atom is 0.295 e. The molecule has 2 aromatic rings. The molecule has 1 amide bonds. The van der Waals surface area contributed by atoms with Crippen LogP contribution in [0.4, 0.5) is 5.69 Å². The third-order valence-electron chi connectivity index (χ3n) is 5.18. The van der Waals surface area contributed by atoms with Gasteiger partial charge in [0.05, 0.1) is 6.21 Å². The summed E-state index contributed by atoms with van der Waals surface area (Å²) < 4.78 is 0. The normalized spacial score (nSPS) is 19.5. The van der Waals surface area contributed by atoms with Gasteiger partial charge in [-0.2, -0.15) is 5.10 Å². The second kappa shape index (κ2) is 10.0. The third kappa shape index (κ3) is 6.18. The van der Waals surface area contributed by atoms with E-state index in [0.29, 0.717) is 6.54 Å². The lowest BCUT2D eigenvalue weighted by Gasteiger charge is -2.29. The van der Waals surface area contributed by atoms with Crippen LogP contribution in [0.15, 0.2) is 59.7 Å². The summed E-state index contributed by atoms with van der Waals surface area (Å²) in [7, 11) is 4.02. The van der Waals surface area contributed by atoms with Crippen LogP contribution in [-0.2, 0) is 11.3 Å². The highest BCUT2D eigenvalue weighted by atomic mass is 16.2. The quantitative estimate of drug-likeness (QED) is 0.434. The number of nitrogens with one attached hydrogen (secondary N) is 3. The Labute approximate surface area is 167 Å². The lowest BCUT2D eigenvalue weighted by molar-refractivity contribution is -1.02. The van der Waals surface area contributed by atoms with E-state index in [-0.39, 0.29) is 5.91 Å². The van der Waals surface area contributed by atoms with Crippen molar-refractivity contribution >= 4 is 17.8 Å². The van der Waals surface area contributed by atoms with E-state index in [1.165, 1.54) is 10.5 Å². The molecule has 0 radical (unpaired) electrons. The number of benzene rings is 2. The van der Waals surface area contributed by atoms with Crippen molar-refractivity contribution in [3.05, 3.63) is 65.7 Å². The number of anilines is 1. The van der Waals surface area contributed by atoms with E-state index in [1.807, 2.05) is 43.3 Å². The first-order chi connectivity index (χ1) is 13.6. The zero-order chi connectivity index (χ0) is 19.8. The summed E-state index contributed by atoms with van der Waals surface area (Å²) in [5.74, 6) is -0.0253. The predicted octanol–water partition coefficient (Wildman–Crippen LogP) is -0.814. The minimum absolute atomic E-state index is 0.0253. The summed E-state index contributed by atoms with van der Waals surface area (Å²) in [6.45, 7) is 5.78. The van der Waals surface area contributed by atoms with Gasteiger partial charge in [0.1, 0.15) is 32.7 Å². The summed E-state index contributed by atoms with van der Waals surface area (Å²) in [4.78, 5) is 17.1. The number of hydrogen-bond acceptors (Lipinski definition) is 3. The van der Waals surface area contributed by atoms with Crippen LogP contribution in [0.5, 0.6) is 0 Å². The second-order valence-electron chi connectivity index (χ2n) is 7.62. The number of quaternary nitrogens is 2. The van der Waals surface area contributed by atoms with Crippen LogP contribution < -0.4 is 20.1 Å². The molecular weight excluding hydrogens is 350 g/mol. The number of amides is 1. The van der Waals surface area contributed by atoms with E-state index >= 15 is 0 Å². The van der Waals surface area contributed by atoms with Crippen LogP contribution in [-0.4, -0.2) is 58.9 Å². The van der Waals surface area contributed by atoms with Crippen LogP contribution in [0.3, 0.4) is 0 Å². The average Bonchev–Trinajstić information content (AvgIpc) is 2.71. The molecule has 3 N–H and O–H groups in total. The number of rotatable bonds is 7. The molecule has 3 rings (SSSR count). The van der Waals surface area contributed by atoms with Crippen molar-refractivity contribution in [1.29, 1.82) is 0 Å². The predicted molar refractivity (Wildman–Crippen MR) is 113 cm³/mol. The lowest BCUT2D eigenvalue weighted by atomic mass is 10.2. The fraction of sp³-hybridized carbons (Fsp3) is 0.364. The Hall–Kier alpha value is -2.70. The largest absolute Gasteiger partial charge is 0.378 e. The van der Waals surface area contributed by atoms with Crippen molar-refractivity contribution in [2.24, 2.45) is 5.10 Å². The van der Waals surface area contributed by atoms with Crippen LogP contribution >= 0.6 is 0 Å². The maximum atomic E-state index is 12.2. The maximum absolute atomic E-state index is 12.2. The van der Waals surface area contributed by atoms with E-state index in [9.17, 15) is 4.79 Å². The Morgan fingerprint density at radius 2 is 1.64 bits per heavy atom. The Morgan fingerprint density at radius 1 is 1.00 bits per heavy atom. The van der Waals surface area contributed by atoms with Gasteiger partial charge in [-0.3, -0.25) is 4.79 Å². The fourth-order valence-electron chi connectivity index (χ4n) is 3.50. The van der Waals surface area contributed by atoms with Crippen LogP contribution in [0, 0.1) is 0 Å². The van der Waals surface area contributed by atoms with Crippen molar-refractivity contribution in [1.82, 2.24) is 5.43 Å². The number of piperazine rings is 1. The standard InChI is InChI=1S/C22H29N5O/c1-25(2)21-10-8-19(9-11-21)16-23-24-22(28)18-27-14-12-26(13-15-27)17-20-6-4-3-5-7-20/h3-11,16H,12-15,17-18H2,1-2H3,(H,24,28)/p+2. The van der Waals surface area contributed by atoms with Gasteiger partial charge >= 0.3 is 0 Å². The van der Waals surface area contributed by atoms with Crippen LogP contribution in [0.1, 0.15) is 11.1 Å². The summed E-state index contributed by atoms with van der Waals surface area (Å²) in [5, 5.41) is 4.10. The molecule has 2 aromatic carbocycles. The van der Waals surface area contributed by atoms with Gasteiger partial charge in [0.2, 0.25) is 0 Å². The zero-order valence-electron chi connectivity index (χ0n) is 16.8. The molecule has 148 valence electrons. The lowest BCUT2D eigenvalue weighted by Crippen LogP contribution is -3.28. The molecule has 1 fully saturated rings. The molecule has 1 heterocycles. The topological polar surface area (TPSA) is 53.6 Å². The fourth-order valence-corrected chi connectivity index (χ4v) is 3.50. The monoisotopic (exact) mass is 381 g/mol. The molecule has 0 spiro atoms. The number of carbonyl (C=O) groups excluding carboxylic acids is 1. The SMILES string of the molecule is CN(C)c1ccc(C=NNC(=O)C[NH+]2CC[NH+](Cc3ccccc3)CC2)cc1. The zero-order valence-corrected chi connectivity index (χ0v) is 16.8. The van der Waals surface area contributed by atoms with Gasteiger partial charge in [0.15, 0.2) is 6.54 Å². The molecule has 0 bridgehead atoms. The Kier molecular flexibility index (Phi) is 7.17. The van der Waals surface area contributed by atoms with Crippen molar-refractivity contribution in [3.8, 4) is 0 Å². The van der Waals surface area contributed by atoms with E-state index in [2.05, 4.69) is 40.9 Å². The first kappa shape index (κ1) is 20.0. The first-order valence-electron chi connectivity index (χ1n) is 9.90. The highest BCUT2D eigenvalue weighted by Gasteiger charge is 2.24. The number of hydrogen-bond donors (Lipinski definition) is 3. The molecule has 6 nitrogen and oxygen atoms in total. The Balaban J connectivity index is 1.37. The Morgan fingerprint density at radius 3 is 2.29 bits per heavy atom. The number of hydrazone groups is 1. The van der Waals surface area contributed by atoms with Crippen molar-refractivity contribution in [2.45, 2.75) is 6.54 Å². The summed E-state index contributed by atoms with van der Waals surface area (Å²) in [5.41, 5.74) is 6.15. The van der Waals surface area contributed by atoms with Crippen molar-refractivity contribution in [3.63, 3.8) is 0 Å². The van der Waals surface area contributed by atoms with Gasteiger partial charge in [-0.1, -0.05) is 42.5 Å². The summed E-state index contributed by atoms with van der Waals surface area (Å²) >= 11 is 0. The molecule has 1 aliphatic heterocycles. The molecule has 1 saturated heterocycles. The molecule has 1 aliphatic rings. The Bertz CT molecular complexity index is 765. The van der Waals surface area contributed by atoms with Gasteiger partial charge in [0.25, 0.3) is 5.91 Å². The highest BCUT2D eigenvalue weighted by Crippen LogP contribution is 2.10. The molecule has 28 heavy (non-hydrogen) atoms. The smallest absolute Gasteiger partial charge is 0.295 e. The van der Waals surface area contributed by atoms with Crippen molar-refractivity contribution in [2.75, 3.05) is 51.7 Å². The second-order valence-corrected chi connectivity index (χ2v) is 7.62. The van der Waals surface area contributed by atoms with Crippen LogP contribution in [0.2, 0.25) is 0 Å². The van der Waals surface area contributed by atoms with E-state index < -0.39 is 0 Å². The molecule has 0 unspecified atom stereocenters. The van der Waals surface area contributed by atoms with E-state index in [0.717, 1.165) is 44.0 Å². The number of nitrogens with zero attached hydrogens (tertiary/aromatic N) is 2. The summed E-state index contributed by atoms with van der Waals surface area (Å²) in [6, 6.07) is 18.7. The van der Waals surface area contributed by atoms with E-state index in [1.54, 1.807) is 11.1 Å². The van der Waals surface area contributed by atoms with Gasteiger partial charge in [0, 0.05) is 25.3 Å². The third-order valence-corrected chi connectivity index (χ3v) is 5.18.